The van der Waals surface area contributed by atoms with E-state index in [0.717, 1.165) is 25.3 Å². The van der Waals surface area contributed by atoms with Gasteiger partial charge in [0.1, 0.15) is 5.75 Å². The van der Waals surface area contributed by atoms with Gasteiger partial charge in [-0.1, -0.05) is 11.6 Å². The van der Waals surface area contributed by atoms with Crippen LogP contribution in [0.2, 0.25) is 5.02 Å². The van der Waals surface area contributed by atoms with E-state index in [2.05, 4.69) is 16.0 Å². The molecule has 1 aromatic carbocycles. The lowest BCUT2D eigenvalue weighted by molar-refractivity contribution is -0.119. The van der Waals surface area contributed by atoms with Gasteiger partial charge in [-0.25, -0.2) is 0 Å². The number of benzene rings is 1. The van der Waals surface area contributed by atoms with Gasteiger partial charge < -0.3 is 20.7 Å². The Morgan fingerprint density at radius 3 is 2.95 bits per heavy atom. The Hall–Kier alpha value is -1.46. The minimum Gasteiger partial charge on any atom is -0.495 e. The van der Waals surface area contributed by atoms with Gasteiger partial charge in [0.25, 0.3) is 0 Å². The lowest BCUT2D eigenvalue weighted by Gasteiger charge is -2.27. The molecule has 6 heteroatoms. The van der Waals surface area contributed by atoms with Crippen molar-refractivity contribution in [2.24, 2.45) is 5.92 Å². The number of nitrogens with one attached hydrogen (secondary N) is 3. The molecule has 0 unspecified atom stereocenters. The van der Waals surface area contributed by atoms with E-state index in [1.807, 2.05) is 0 Å². The van der Waals surface area contributed by atoms with Crippen LogP contribution in [0.25, 0.3) is 0 Å². The Bertz CT molecular complexity index is 450. The van der Waals surface area contributed by atoms with E-state index in [1.54, 1.807) is 25.3 Å². The third-order valence-electron chi connectivity index (χ3n) is 3.05. The quantitative estimate of drug-likeness (QED) is 0.732. The molecule has 19 heavy (non-hydrogen) atoms. The van der Waals surface area contributed by atoms with E-state index in [1.165, 1.54) is 0 Å². The fourth-order valence-corrected chi connectivity index (χ4v) is 1.98. The van der Waals surface area contributed by atoms with Gasteiger partial charge >= 0.3 is 0 Å². The van der Waals surface area contributed by atoms with E-state index in [4.69, 9.17) is 16.3 Å². The minimum atomic E-state index is -0.0334. The smallest absolute Gasteiger partial charge is 0.239 e. The second kappa shape index (κ2) is 6.63. The Morgan fingerprint density at radius 2 is 2.32 bits per heavy atom. The predicted octanol–water partition coefficient (Wildman–Crippen LogP) is 1.10. The topological polar surface area (TPSA) is 62.4 Å². The summed E-state index contributed by atoms with van der Waals surface area (Å²) in [6.07, 6.45) is 0. The van der Waals surface area contributed by atoms with Crippen LogP contribution in [0.1, 0.15) is 0 Å². The van der Waals surface area contributed by atoms with E-state index in [-0.39, 0.29) is 12.5 Å². The van der Waals surface area contributed by atoms with Crippen LogP contribution in [-0.4, -0.2) is 39.2 Å². The van der Waals surface area contributed by atoms with Crippen molar-refractivity contribution >= 4 is 23.2 Å². The summed E-state index contributed by atoms with van der Waals surface area (Å²) in [6, 6.07) is 5.25. The second-order valence-electron chi connectivity index (χ2n) is 4.53. The normalized spacial score (nSPS) is 14.6. The molecule has 0 radical (unpaired) electrons. The summed E-state index contributed by atoms with van der Waals surface area (Å²) in [6.45, 7) is 2.89. The fourth-order valence-electron chi connectivity index (χ4n) is 1.81. The van der Waals surface area contributed by atoms with Gasteiger partial charge in [-0.05, 0) is 18.2 Å². The van der Waals surface area contributed by atoms with Gasteiger partial charge in [-0.15, -0.1) is 0 Å². The monoisotopic (exact) mass is 283 g/mol. The highest BCUT2D eigenvalue weighted by atomic mass is 35.5. The van der Waals surface area contributed by atoms with Gasteiger partial charge in [-0.3, -0.25) is 4.79 Å². The molecule has 1 aliphatic heterocycles. The second-order valence-corrected chi connectivity index (χ2v) is 4.96. The molecule has 1 aliphatic rings. The first-order valence-electron chi connectivity index (χ1n) is 6.24. The van der Waals surface area contributed by atoms with Crippen LogP contribution in [0.3, 0.4) is 0 Å². The molecule has 0 aromatic heterocycles. The summed E-state index contributed by atoms with van der Waals surface area (Å²) >= 11 is 5.92. The Balaban J connectivity index is 1.80. The predicted molar refractivity (Wildman–Crippen MR) is 75.9 cm³/mol. The first kappa shape index (κ1) is 14.0. The number of halogens is 1. The molecule has 0 spiro atoms. The van der Waals surface area contributed by atoms with Crippen molar-refractivity contribution in [3.63, 3.8) is 0 Å². The zero-order valence-corrected chi connectivity index (χ0v) is 11.6. The number of carbonyl (C=O) groups excluding carboxylic acids is 1. The molecule has 2 rings (SSSR count). The molecule has 0 aliphatic carbocycles. The SMILES string of the molecule is COc1ccc(Cl)cc1NCC(=O)NCC1CNC1. The summed E-state index contributed by atoms with van der Waals surface area (Å²) in [5.74, 6) is 1.19. The number of anilines is 1. The standard InChI is InChI=1S/C13H18ClN3O2/c1-19-12-3-2-10(14)4-11(12)16-8-13(18)17-7-9-5-15-6-9/h2-4,9,15-16H,5-8H2,1H3,(H,17,18). The van der Waals surface area contributed by atoms with Crippen LogP contribution in [0.15, 0.2) is 18.2 Å². The molecule has 1 saturated heterocycles. The summed E-state index contributed by atoms with van der Waals surface area (Å²) in [7, 11) is 1.58. The minimum absolute atomic E-state index is 0.0334. The van der Waals surface area contributed by atoms with Crippen LogP contribution in [0, 0.1) is 5.92 Å². The summed E-state index contributed by atoms with van der Waals surface area (Å²) in [4.78, 5) is 11.7. The average Bonchev–Trinajstić information content (AvgIpc) is 2.34. The molecule has 0 bridgehead atoms. The molecule has 1 fully saturated rings. The molecule has 3 N–H and O–H groups in total. The summed E-state index contributed by atoms with van der Waals surface area (Å²) in [5.41, 5.74) is 0.718. The highest BCUT2D eigenvalue weighted by Gasteiger charge is 2.17. The van der Waals surface area contributed by atoms with E-state index >= 15 is 0 Å². The summed E-state index contributed by atoms with van der Waals surface area (Å²) in [5, 5.41) is 9.69. The van der Waals surface area contributed by atoms with E-state index < -0.39 is 0 Å². The first-order valence-corrected chi connectivity index (χ1v) is 6.61. The van der Waals surface area contributed by atoms with Crippen LogP contribution in [0.4, 0.5) is 5.69 Å². The zero-order chi connectivity index (χ0) is 13.7. The van der Waals surface area contributed by atoms with Crippen LogP contribution >= 0.6 is 11.6 Å². The average molecular weight is 284 g/mol. The van der Waals surface area contributed by atoms with Crippen LogP contribution in [0.5, 0.6) is 5.75 Å². The van der Waals surface area contributed by atoms with Gasteiger partial charge in [0, 0.05) is 30.6 Å². The van der Waals surface area contributed by atoms with Gasteiger partial charge in [0.05, 0.1) is 19.3 Å². The van der Waals surface area contributed by atoms with Crippen molar-refractivity contribution in [2.45, 2.75) is 0 Å². The molecule has 0 atom stereocenters. The Kier molecular flexibility index (Phi) is 4.87. The highest BCUT2D eigenvalue weighted by Crippen LogP contribution is 2.27. The third-order valence-corrected chi connectivity index (χ3v) is 3.29. The van der Waals surface area contributed by atoms with E-state index in [9.17, 15) is 4.79 Å². The van der Waals surface area contributed by atoms with Crippen LogP contribution in [-0.2, 0) is 4.79 Å². The van der Waals surface area contributed by atoms with Crippen molar-refractivity contribution in [3.8, 4) is 5.75 Å². The van der Waals surface area contributed by atoms with Crippen molar-refractivity contribution < 1.29 is 9.53 Å². The molecular weight excluding hydrogens is 266 g/mol. The number of carbonyl (C=O) groups is 1. The maximum Gasteiger partial charge on any atom is 0.239 e. The number of hydrogen-bond donors (Lipinski definition) is 3. The summed E-state index contributed by atoms with van der Waals surface area (Å²) < 4.78 is 5.20. The van der Waals surface area contributed by atoms with Gasteiger partial charge in [0.15, 0.2) is 0 Å². The molecule has 1 aromatic rings. The molecule has 5 nitrogen and oxygen atoms in total. The van der Waals surface area contributed by atoms with Crippen molar-refractivity contribution in [1.82, 2.24) is 10.6 Å². The number of methoxy groups -OCH3 is 1. The molecule has 1 amide bonds. The van der Waals surface area contributed by atoms with Gasteiger partial charge in [-0.2, -0.15) is 0 Å². The van der Waals surface area contributed by atoms with E-state index in [0.29, 0.717) is 16.7 Å². The third kappa shape index (κ3) is 4.01. The van der Waals surface area contributed by atoms with Crippen LogP contribution < -0.4 is 20.7 Å². The Morgan fingerprint density at radius 1 is 1.53 bits per heavy atom. The number of ether oxygens (including phenoxy) is 1. The number of rotatable bonds is 6. The molecule has 1 heterocycles. The van der Waals surface area contributed by atoms with Crippen molar-refractivity contribution in [2.75, 3.05) is 38.6 Å². The largest absolute Gasteiger partial charge is 0.495 e. The Labute approximate surface area is 117 Å². The maximum atomic E-state index is 11.7. The number of hydrogen-bond acceptors (Lipinski definition) is 4. The zero-order valence-electron chi connectivity index (χ0n) is 10.8. The first-order chi connectivity index (χ1) is 9.19. The lowest BCUT2D eigenvalue weighted by atomic mass is 10.0. The number of amides is 1. The maximum absolute atomic E-state index is 11.7. The molecular formula is C13H18ClN3O2. The molecule has 104 valence electrons. The van der Waals surface area contributed by atoms with Gasteiger partial charge in [0.2, 0.25) is 5.91 Å². The fraction of sp³-hybridized carbons (Fsp3) is 0.462. The highest BCUT2D eigenvalue weighted by molar-refractivity contribution is 6.30. The molecule has 0 saturated carbocycles. The van der Waals surface area contributed by atoms with Crippen molar-refractivity contribution in [1.29, 1.82) is 0 Å². The van der Waals surface area contributed by atoms with Crippen molar-refractivity contribution in [3.05, 3.63) is 23.2 Å². The lowest BCUT2D eigenvalue weighted by Crippen LogP contribution is -2.48.